The van der Waals surface area contributed by atoms with Crippen LogP contribution in [0.3, 0.4) is 0 Å². The number of pyridine rings is 1. The monoisotopic (exact) mass is 457 g/mol. The van der Waals surface area contributed by atoms with Crippen molar-refractivity contribution in [3.63, 3.8) is 0 Å². The largest absolute Gasteiger partial charge is 0.489 e. The van der Waals surface area contributed by atoms with E-state index in [4.69, 9.17) is 4.74 Å². The molecule has 0 saturated heterocycles. The molecule has 0 aliphatic heterocycles. The smallest absolute Gasteiger partial charge is 0.437 e. The summed E-state index contributed by atoms with van der Waals surface area (Å²) in [6, 6.07) is 1.67. The maximum Gasteiger partial charge on any atom is 0.437 e. The number of nitrogens with zero attached hydrogens (tertiary/aromatic N) is 3. The van der Waals surface area contributed by atoms with Gasteiger partial charge < -0.3 is 10.1 Å². The van der Waals surface area contributed by atoms with Crippen LogP contribution < -0.4 is 10.1 Å². The molecule has 0 atom stereocenters. The molecular formula is C20H20F5N5O2. The Morgan fingerprint density at radius 3 is 2.62 bits per heavy atom. The van der Waals surface area contributed by atoms with Crippen LogP contribution in [0.15, 0.2) is 12.3 Å². The number of hydrogen-bond acceptors (Lipinski definition) is 4. The van der Waals surface area contributed by atoms with Gasteiger partial charge in [0.05, 0.1) is 23.7 Å². The van der Waals surface area contributed by atoms with Crippen LogP contribution in [0, 0.1) is 26.7 Å². The lowest BCUT2D eigenvalue weighted by Gasteiger charge is -2.34. The number of alkyl halides is 5. The molecule has 12 heteroatoms. The van der Waals surface area contributed by atoms with Gasteiger partial charge in [-0.25, -0.2) is 13.8 Å². The molecule has 3 aromatic rings. The number of hydrogen-bond donors (Lipinski definition) is 2. The van der Waals surface area contributed by atoms with Crippen molar-refractivity contribution in [1.29, 1.82) is 0 Å². The summed E-state index contributed by atoms with van der Waals surface area (Å²) in [4.78, 5) is 17.3. The van der Waals surface area contributed by atoms with Crippen molar-refractivity contribution in [2.75, 3.05) is 11.9 Å². The first-order valence-electron chi connectivity index (χ1n) is 9.79. The quantitative estimate of drug-likeness (QED) is 0.545. The summed E-state index contributed by atoms with van der Waals surface area (Å²) in [5, 5.41) is 7.75. The molecule has 3 aromatic heterocycles. The van der Waals surface area contributed by atoms with E-state index >= 15 is 0 Å². The average Bonchev–Trinajstić information content (AvgIpc) is 3.17. The van der Waals surface area contributed by atoms with E-state index in [1.54, 1.807) is 26.1 Å². The van der Waals surface area contributed by atoms with Crippen LogP contribution in [-0.4, -0.2) is 38.0 Å². The molecule has 0 aromatic carbocycles. The maximum atomic E-state index is 13.2. The first-order chi connectivity index (χ1) is 14.9. The minimum Gasteiger partial charge on any atom is -0.489 e. The number of halogens is 5. The predicted octanol–water partition coefficient (Wildman–Crippen LogP) is 4.68. The highest BCUT2D eigenvalue weighted by molar-refractivity contribution is 6.05. The summed E-state index contributed by atoms with van der Waals surface area (Å²) >= 11 is 0. The first kappa shape index (κ1) is 22.0. The van der Waals surface area contributed by atoms with Gasteiger partial charge in [0.1, 0.15) is 5.69 Å². The van der Waals surface area contributed by atoms with E-state index in [1.165, 1.54) is 11.3 Å². The molecule has 0 radical (unpaired) electrons. The third-order valence-corrected chi connectivity index (χ3v) is 5.32. The van der Waals surface area contributed by atoms with Gasteiger partial charge in [-0.15, -0.1) is 0 Å². The van der Waals surface area contributed by atoms with Gasteiger partial charge in [-0.1, -0.05) is 0 Å². The molecule has 1 aliphatic rings. The van der Waals surface area contributed by atoms with Gasteiger partial charge in [0.15, 0.2) is 17.1 Å². The van der Waals surface area contributed by atoms with Crippen LogP contribution in [0.2, 0.25) is 0 Å². The Kier molecular flexibility index (Phi) is 5.13. The lowest BCUT2D eigenvalue weighted by molar-refractivity contribution is -0.140. The number of amides is 1. The average molecular weight is 457 g/mol. The molecule has 1 saturated carbocycles. The highest BCUT2D eigenvalue weighted by Crippen LogP contribution is 2.42. The van der Waals surface area contributed by atoms with Crippen molar-refractivity contribution in [2.24, 2.45) is 5.92 Å². The lowest BCUT2D eigenvalue weighted by atomic mass is 9.82. The summed E-state index contributed by atoms with van der Waals surface area (Å²) < 4.78 is 72.9. The van der Waals surface area contributed by atoms with Gasteiger partial charge in [-0.3, -0.25) is 14.3 Å². The van der Waals surface area contributed by atoms with Crippen molar-refractivity contribution >= 4 is 17.2 Å². The van der Waals surface area contributed by atoms with Crippen molar-refractivity contribution in [1.82, 2.24) is 19.6 Å². The van der Waals surface area contributed by atoms with E-state index in [0.29, 0.717) is 11.3 Å². The molecule has 3 heterocycles. The normalized spacial score (nSPS) is 16.2. The Bertz CT molecular complexity index is 1190. The second-order valence-electron chi connectivity index (χ2n) is 8.09. The van der Waals surface area contributed by atoms with Crippen molar-refractivity contribution < 1.29 is 31.5 Å². The number of rotatable bonds is 5. The summed E-state index contributed by atoms with van der Waals surface area (Å²) in [6.45, 7) is 4.72. The van der Waals surface area contributed by atoms with Gasteiger partial charge in [0.2, 0.25) is 5.92 Å². The van der Waals surface area contributed by atoms with Gasteiger partial charge >= 0.3 is 6.18 Å². The third kappa shape index (κ3) is 4.00. The number of H-pyrrole nitrogens is 1. The zero-order chi connectivity index (χ0) is 23.4. The molecule has 2 N–H and O–H groups in total. The van der Waals surface area contributed by atoms with E-state index in [9.17, 15) is 26.7 Å². The van der Waals surface area contributed by atoms with Gasteiger partial charge in [0.25, 0.3) is 5.91 Å². The molecule has 0 spiro atoms. The number of fused-ring (bicyclic) bond motifs is 1. The number of carbonyl (C=O) groups is 1. The SMILES string of the molecule is Cc1cc(OCC2CC(F)(F)C2)c2nc(C)c(C(=O)Nc3c(C(F)(F)F)n[nH]c3C)n2c1. The zero-order valence-corrected chi connectivity index (χ0v) is 17.4. The van der Waals surface area contributed by atoms with E-state index < -0.39 is 29.4 Å². The zero-order valence-electron chi connectivity index (χ0n) is 17.4. The first-order valence-corrected chi connectivity index (χ1v) is 9.79. The van der Waals surface area contributed by atoms with Crippen LogP contribution >= 0.6 is 0 Å². The van der Waals surface area contributed by atoms with Crippen LogP contribution in [0.4, 0.5) is 27.6 Å². The van der Waals surface area contributed by atoms with Crippen molar-refractivity contribution in [3.05, 3.63) is 40.6 Å². The second kappa shape index (κ2) is 7.45. The Morgan fingerprint density at radius 1 is 1.31 bits per heavy atom. The number of nitrogens with one attached hydrogen (secondary N) is 2. The second-order valence-corrected chi connectivity index (χ2v) is 8.09. The maximum absolute atomic E-state index is 13.2. The number of imidazole rings is 1. The molecular weight excluding hydrogens is 437 g/mol. The van der Waals surface area contributed by atoms with Crippen molar-refractivity contribution in [2.45, 2.75) is 45.7 Å². The Morgan fingerprint density at radius 2 is 2.00 bits per heavy atom. The van der Waals surface area contributed by atoms with E-state index in [1.807, 2.05) is 0 Å². The van der Waals surface area contributed by atoms with E-state index in [-0.39, 0.29) is 48.1 Å². The molecule has 0 unspecified atom stereocenters. The fourth-order valence-corrected chi connectivity index (χ4v) is 3.81. The molecule has 1 fully saturated rings. The molecule has 7 nitrogen and oxygen atoms in total. The number of aromatic amines is 1. The summed E-state index contributed by atoms with van der Waals surface area (Å²) in [5.41, 5.74) is -0.396. The fourth-order valence-electron chi connectivity index (χ4n) is 3.81. The highest BCUT2D eigenvalue weighted by Gasteiger charge is 2.45. The van der Waals surface area contributed by atoms with Crippen molar-refractivity contribution in [3.8, 4) is 5.75 Å². The van der Waals surface area contributed by atoms with E-state index in [2.05, 4.69) is 20.5 Å². The Labute approximate surface area is 179 Å². The standard InChI is InChI=1S/C20H20F5N5O2/c1-9-4-13(32-8-12-5-19(21,22)6-12)17-26-11(3)15(30(17)7-9)18(31)27-14-10(2)28-29-16(14)20(23,24)25/h4,7,12H,5-6,8H2,1-3H3,(H,27,31)(H,28,29). The molecule has 4 rings (SSSR count). The summed E-state index contributed by atoms with van der Waals surface area (Å²) in [7, 11) is 0. The van der Waals surface area contributed by atoms with Crippen LogP contribution in [-0.2, 0) is 6.18 Å². The number of aryl methyl sites for hydroxylation is 3. The lowest BCUT2D eigenvalue weighted by Crippen LogP contribution is -2.38. The van der Waals surface area contributed by atoms with Crippen LogP contribution in [0.25, 0.3) is 5.65 Å². The molecule has 1 amide bonds. The van der Waals surface area contributed by atoms with E-state index in [0.717, 1.165) is 0 Å². The fraction of sp³-hybridized carbons (Fsp3) is 0.450. The van der Waals surface area contributed by atoms with Gasteiger partial charge in [0, 0.05) is 25.0 Å². The van der Waals surface area contributed by atoms with Gasteiger partial charge in [-0.05, 0) is 32.4 Å². The molecule has 0 bridgehead atoms. The Hall–Kier alpha value is -3.18. The van der Waals surface area contributed by atoms with Gasteiger partial charge in [-0.2, -0.15) is 18.3 Å². The highest BCUT2D eigenvalue weighted by atomic mass is 19.4. The number of carbonyl (C=O) groups excluding carboxylic acids is 1. The summed E-state index contributed by atoms with van der Waals surface area (Å²) in [6.07, 6.45) is -3.65. The molecule has 172 valence electrons. The number of aromatic nitrogens is 4. The minimum atomic E-state index is -4.75. The number of ether oxygens (including phenoxy) is 1. The Balaban J connectivity index is 1.64. The third-order valence-electron chi connectivity index (χ3n) is 5.32. The number of anilines is 1. The molecule has 32 heavy (non-hydrogen) atoms. The molecule has 1 aliphatic carbocycles. The topological polar surface area (TPSA) is 84.3 Å². The summed E-state index contributed by atoms with van der Waals surface area (Å²) in [5.74, 6) is -3.45. The van der Waals surface area contributed by atoms with Crippen LogP contribution in [0.1, 0.15) is 46.0 Å². The predicted molar refractivity (Wildman–Crippen MR) is 104 cm³/mol. The van der Waals surface area contributed by atoms with Crippen LogP contribution in [0.5, 0.6) is 5.75 Å². The minimum absolute atomic E-state index is 0.0254.